The Balaban J connectivity index is 1.39. The summed E-state index contributed by atoms with van der Waals surface area (Å²) in [6, 6.07) is 14.7. The number of nitrogens with one attached hydrogen (secondary N) is 2. The Hall–Kier alpha value is -3.02. The lowest BCUT2D eigenvalue weighted by Gasteiger charge is -2.15. The molecular weight excluding hydrogens is 390 g/mol. The quantitative estimate of drug-likeness (QED) is 0.503. The molecule has 1 aliphatic rings. The third-order valence-electron chi connectivity index (χ3n) is 5.38. The van der Waals surface area contributed by atoms with E-state index in [-0.39, 0.29) is 18.4 Å². The maximum absolute atomic E-state index is 12.4. The van der Waals surface area contributed by atoms with Crippen LogP contribution in [0.4, 0.5) is 11.4 Å². The lowest BCUT2D eigenvalue weighted by atomic mass is 10.2. The first-order valence-electron chi connectivity index (χ1n) is 11.3. The minimum Gasteiger partial charge on any atom is -0.494 e. The van der Waals surface area contributed by atoms with Crippen molar-refractivity contribution >= 4 is 23.2 Å². The van der Waals surface area contributed by atoms with Gasteiger partial charge in [-0.2, -0.15) is 0 Å². The van der Waals surface area contributed by atoms with E-state index < -0.39 is 0 Å². The Morgan fingerprint density at radius 3 is 2.26 bits per heavy atom. The summed E-state index contributed by atoms with van der Waals surface area (Å²) in [4.78, 5) is 26.5. The number of carbonyl (C=O) groups excluding carboxylic acids is 2. The van der Waals surface area contributed by atoms with Crippen molar-refractivity contribution in [2.75, 3.05) is 36.9 Å². The van der Waals surface area contributed by atoms with Gasteiger partial charge in [-0.3, -0.25) is 9.59 Å². The lowest BCUT2D eigenvalue weighted by molar-refractivity contribution is -0.114. The van der Waals surface area contributed by atoms with Crippen LogP contribution in [0.2, 0.25) is 0 Å². The van der Waals surface area contributed by atoms with Crippen LogP contribution in [0, 0.1) is 0 Å². The topological polar surface area (TPSA) is 70.7 Å². The molecular formula is C25H33N3O3. The average Bonchev–Trinajstić information content (AvgIpc) is 3.33. The number of hydrogen-bond donors (Lipinski definition) is 2. The van der Waals surface area contributed by atoms with Gasteiger partial charge in [0.05, 0.1) is 13.2 Å². The Kier molecular flexibility index (Phi) is 8.76. The first kappa shape index (κ1) is 22.7. The summed E-state index contributed by atoms with van der Waals surface area (Å²) >= 11 is 0. The number of carbonyl (C=O) groups is 2. The zero-order valence-electron chi connectivity index (χ0n) is 18.4. The fourth-order valence-corrected chi connectivity index (χ4v) is 3.57. The van der Waals surface area contributed by atoms with Gasteiger partial charge < -0.3 is 20.3 Å². The third kappa shape index (κ3) is 7.31. The molecule has 6 heteroatoms. The molecule has 0 bridgehead atoms. The van der Waals surface area contributed by atoms with E-state index in [1.807, 2.05) is 53.4 Å². The summed E-state index contributed by atoms with van der Waals surface area (Å²) in [5.41, 5.74) is 2.22. The smallest absolute Gasteiger partial charge is 0.253 e. The normalized spacial score (nSPS) is 13.1. The first-order chi connectivity index (χ1) is 15.2. The summed E-state index contributed by atoms with van der Waals surface area (Å²) in [6.07, 6.45) is 6.86. The predicted octanol–water partition coefficient (Wildman–Crippen LogP) is 4.93. The Bertz CT molecular complexity index is 828. The summed E-state index contributed by atoms with van der Waals surface area (Å²) in [5, 5.41) is 5.97. The minimum atomic E-state index is -0.134. The van der Waals surface area contributed by atoms with E-state index in [1.54, 1.807) is 0 Å². The van der Waals surface area contributed by atoms with Crippen molar-refractivity contribution in [1.29, 1.82) is 0 Å². The van der Waals surface area contributed by atoms with Gasteiger partial charge in [0, 0.05) is 30.0 Å². The number of nitrogens with zero attached hydrogens (tertiary/aromatic N) is 1. The van der Waals surface area contributed by atoms with Crippen molar-refractivity contribution < 1.29 is 14.3 Å². The number of anilines is 2. The maximum atomic E-state index is 12.4. The highest BCUT2D eigenvalue weighted by molar-refractivity contribution is 5.95. The summed E-state index contributed by atoms with van der Waals surface area (Å²) in [7, 11) is 0. The SMILES string of the molecule is CCCCCCOc1ccc(NC(=O)CNc2ccc(C(=O)N3CCCC3)cc2)cc1. The molecule has 31 heavy (non-hydrogen) atoms. The molecule has 6 nitrogen and oxygen atoms in total. The molecule has 3 rings (SSSR count). The zero-order valence-corrected chi connectivity index (χ0v) is 18.4. The second-order valence-corrected chi connectivity index (χ2v) is 7.91. The molecule has 1 heterocycles. The van der Waals surface area contributed by atoms with E-state index >= 15 is 0 Å². The molecule has 2 aromatic rings. The maximum Gasteiger partial charge on any atom is 0.253 e. The van der Waals surface area contributed by atoms with Crippen LogP contribution in [0.15, 0.2) is 48.5 Å². The molecule has 1 aliphatic heterocycles. The van der Waals surface area contributed by atoms with Crippen molar-refractivity contribution in [1.82, 2.24) is 4.90 Å². The van der Waals surface area contributed by atoms with Gasteiger partial charge in [0.2, 0.25) is 5.91 Å². The summed E-state index contributed by atoms with van der Waals surface area (Å²) in [5.74, 6) is 0.761. The van der Waals surface area contributed by atoms with Crippen LogP contribution in [0.5, 0.6) is 5.75 Å². The van der Waals surface area contributed by atoms with Gasteiger partial charge in [-0.05, 0) is 67.8 Å². The van der Waals surface area contributed by atoms with Gasteiger partial charge in [-0.25, -0.2) is 0 Å². The monoisotopic (exact) mass is 423 g/mol. The zero-order chi connectivity index (χ0) is 21.9. The molecule has 0 atom stereocenters. The Morgan fingerprint density at radius 2 is 1.58 bits per heavy atom. The molecule has 2 amide bonds. The second-order valence-electron chi connectivity index (χ2n) is 7.91. The summed E-state index contributed by atoms with van der Waals surface area (Å²) < 4.78 is 5.72. The standard InChI is InChI=1S/C25H33N3O3/c1-2-3-4-7-18-31-23-14-12-22(13-15-23)27-24(29)19-26-21-10-8-20(9-11-21)25(30)28-16-5-6-17-28/h8-15,26H,2-7,16-19H2,1H3,(H,27,29). The van der Waals surface area contributed by atoms with Crippen molar-refractivity contribution in [3.05, 3.63) is 54.1 Å². The van der Waals surface area contributed by atoms with Gasteiger partial charge in [0.15, 0.2) is 0 Å². The fraction of sp³-hybridized carbons (Fsp3) is 0.440. The van der Waals surface area contributed by atoms with Crippen LogP contribution in [-0.2, 0) is 4.79 Å². The fourth-order valence-electron chi connectivity index (χ4n) is 3.57. The molecule has 2 N–H and O–H groups in total. The number of rotatable bonds is 11. The van der Waals surface area contributed by atoms with Crippen molar-refractivity contribution in [3.8, 4) is 5.75 Å². The van der Waals surface area contributed by atoms with Gasteiger partial charge in [-0.15, -0.1) is 0 Å². The molecule has 2 aromatic carbocycles. The summed E-state index contributed by atoms with van der Waals surface area (Å²) in [6.45, 7) is 4.74. The van der Waals surface area contributed by atoms with E-state index in [9.17, 15) is 9.59 Å². The minimum absolute atomic E-state index is 0.0789. The largest absolute Gasteiger partial charge is 0.494 e. The second kappa shape index (κ2) is 12.0. The number of ether oxygens (including phenoxy) is 1. The van der Waals surface area contributed by atoms with E-state index in [1.165, 1.54) is 19.3 Å². The van der Waals surface area contributed by atoms with Gasteiger partial charge in [-0.1, -0.05) is 26.2 Å². The van der Waals surface area contributed by atoms with Gasteiger partial charge in [0.1, 0.15) is 5.75 Å². The number of benzene rings is 2. The molecule has 0 saturated carbocycles. The van der Waals surface area contributed by atoms with Crippen LogP contribution in [0.1, 0.15) is 55.8 Å². The van der Waals surface area contributed by atoms with Gasteiger partial charge >= 0.3 is 0 Å². The molecule has 1 fully saturated rings. The molecule has 1 saturated heterocycles. The highest BCUT2D eigenvalue weighted by Gasteiger charge is 2.19. The van der Waals surface area contributed by atoms with E-state index in [4.69, 9.17) is 4.74 Å². The van der Waals surface area contributed by atoms with E-state index in [0.29, 0.717) is 5.56 Å². The molecule has 0 unspecified atom stereocenters. The van der Waals surface area contributed by atoms with Crippen LogP contribution >= 0.6 is 0 Å². The van der Waals surface area contributed by atoms with E-state index in [0.717, 1.165) is 56.1 Å². The number of hydrogen-bond acceptors (Lipinski definition) is 4. The Morgan fingerprint density at radius 1 is 0.903 bits per heavy atom. The molecule has 0 aliphatic carbocycles. The lowest BCUT2D eigenvalue weighted by Crippen LogP contribution is -2.27. The number of unbranched alkanes of at least 4 members (excludes halogenated alkanes) is 3. The average molecular weight is 424 g/mol. The Labute approximate surface area is 185 Å². The third-order valence-corrected chi connectivity index (χ3v) is 5.38. The highest BCUT2D eigenvalue weighted by atomic mass is 16.5. The van der Waals surface area contributed by atoms with Crippen molar-refractivity contribution in [3.63, 3.8) is 0 Å². The van der Waals surface area contributed by atoms with Gasteiger partial charge in [0.25, 0.3) is 5.91 Å². The van der Waals surface area contributed by atoms with E-state index in [2.05, 4.69) is 17.6 Å². The predicted molar refractivity (Wildman–Crippen MR) is 125 cm³/mol. The van der Waals surface area contributed by atoms with Crippen LogP contribution < -0.4 is 15.4 Å². The molecule has 166 valence electrons. The number of likely N-dealkylation sites (tertiary alicyclic amines) is 1. The van der Waals surface area contributed by atoms with Crippen molar-refractivity contribution in [2.24, 2.45) is 0 Å². The highest BCUT2D eigenvalue weighted by Crippen LogP contribution is 2.17. The first-order valence-corrected chi connectivity index (χ1v) is 11.3. The molecule has 0 spiro atoms. The van der Waals surface area contributed by atoms with Crippen molar-refractivity contribution in [2.45, 2.75) is 45.4 Å². The van der Waals surface area contributed by atoms with Crippen LogP contribution in [-0.4, -0.2) is 43.0 Å². The van der Waals surface area contributed by atoms with Crippen LogP contribution in [0.3, 0.4) is 0 Å². The molecule has 0 aromatic heterocycles. The molecule has 0 radical (unpaired) electrons. The number of amides is 2. The van der Waals surface area contributed by atoms with Crippen LogP contribution in [0.25, 0.3) is 0 Å².